The highest BCUT2D eigenvalue weighted by molar-refractivity contribution is 9.10. The highest BCUT2D eigenvalue weighted by Crippen LogP contribution is 2.20. The van der Waals surface area contributed by atoms with Crippen molar-refractivity contribution >= 4 is 56.4 Å². The monoisotopic (exact) mass is 536 g/mol. The number of rotatable bonds is 4. The number of amides is 2. The van der Waals surface area contributed by atoms with E-state index in [4.69, 9.17) is 12.2 Å². The van der Waals surface area contributed by atoms with Gasteiger partial charge in [0.2, 0.25) is 0 Å². The van der Waals surface area contributed by atoms with Gasteiger partial charge < -0.3 is 15.1 Å². The van der Waals surface area contributed by atoms with E-state index in [-0.39, 0.29) is 16.9 Å². The van der Waals surface area contributed by atoms with Crippen LogP contribution in [0.5, 0.6) is 0 Å². The standard InChI is InChI=1S/C26H25BrN4O2S/c1-18-2-4-20(5-3-18)25(33)31-16-14-30(15-17-31)23-12-10-22(11-13-23)28-26(34)29-24(32)19-6-8-21(27)9-7-19/h2-13H,14-17H2,1H3,(H2,28,29,32,34). The van der Waals surface area contributed by atoms with Crippen molar-refractivity contribution in [3.63, 3.8) is 0 Å². The lowest BCUT2D eigenvalue weighted by atomic mass is 10.1. The Morgan fingerprint density at radius 2 is 1.41 bits per heavy atom. The highest BCUT2D eigenvalue weighted by atomic mass is 79.9. The molecule has 8 heteroatoms. The van der Waals surface area contributed by atoms with Crippen molar-refractivity contribution in [1.29, 1.82) is 0 Å². The summed E-state index contributed by atoms with van der Waals surface area (Å²) in [6, 6.07) is 22.7. The number of thiocarbonyl (C=S) groups is 1. The molecule has 1 aliphatic rings. The number of aryl methyl sites for hydroxylation is 1. The third-order valence-corrected chi connectivity index (χ3v) is 6.42. The smallest absolute Gasteiger partial charge is 0.257 e. The second-order valence-corrected chi connectivity index (χ2v) is 9.43. The number of halogens is 1. The molecule has 1 fully saturated rings. The number of hydrogen-bond donors (Lipinski definition) is 2. The summed E-state index contributed by atoms with van der Waals surface area (Å²) >= 11 is 8.64. The molecule has 0 aliphatic carbocycles. The molecule has 0 radical (unpaired) electrons. The van der Waals surface area contributed by atoms with E-state index >= 15 is 0 Å². The van der Waals surface area contributed by atoms with Crippen molar-refractivity contribution in [2.75, 3.05) is 36.4 Å². The van der Waals surface area contributed by atoms with Gasteiger partial charge in [-0.05, 0) is 79.8 Å². The molecule has 0 atom stereocenters. The van der Waals surface area contributed by atoms with Crippen LogP contribution in [0.25, 0.3) is 0 Å². The van der Waals surface area contributed by atoms with Crippen molar-refractivity contribution in [3.8, 4) is 0 Å². The molecular formula is C26H25BrN4O2S. The Kier molecular flexibility index (Phi) is 7.59. The quantitative estimate of drug-likeness (QED) is 0.467. The first-order valence-corrected chi connectivity index (χ1v) is 12.2. The van der Waals surface area contributed by atoms with Crippen molar-refractivity contribution < 1.29 is 9.59 Å². The summed E-state index contributed by atoms with van der Waals surface area (Å²) in [6.45, 7) is 4.91. The van der Waals surface area contributed by atoms with E-state index in [2.05, 4.69) is 31.5 Å². The van der Waals surface area contributed by atoms with Gasteiger partial charge in [-0.15, -0.1) is 0 Å². The average molecular weight is 537 g/mol. The fourth-order valence-corrected chi connectivity index (χ4v) is 4.22. The Hall–Kier alpha value is -3.23. The minimum Gasteiger partial charge on any atom is -0.368 e. The predicted octanol–water partition coefficient (Wildman–Crippen LogP) is 4.85. The summed E-state index contributed by atoms with van der Waals surface area (Å²) in [7, 11) is 0. The van der Waals surface area contributed by atoms with Gasteiger partial charge >= 0.3 is 0 Å². The Bertz CT molecular complexity index is 1170. The summed E-state index contributed by atoms with van der Waals surface area (Å²) < 4.78 is 0.907. The molecule has 4 rings (SSSR count). The van der Waals surface area contributed by atoms with Crippen LogP contribution in [0.1, 0.15) is 26.3 Å². The molecule has 0 unspecified atom stereocenters. The number of carbonyl (C=O) groups excluding carboxylic acids is 2. The SMILES string of the molecule is Cc1ccc(C(=O)N2CCN(c3ccc(NC(=S)NC(=O)c4ccc(Br)cc4)cc3)CC2)cc1. The summed E-state index contributed by atoms with van der Waals surface area (Å²) in [5.74, 6) is -0.183. The molecule has 0 saturated carbocycles. The highest BCUT2D eigenvalue weighted by Gasteiger charge is 2.22. The van der Waals surface area contributed by atoms with Crippen LogP contribution in [0.15, 0.2) is 77.3 Å². The molecule has 1 aliphatic heterocycles. The predicted molar refractivity (Wildman–Crippen MR) is 144 cm³/mol. The van der Waals surface area contributed by atoms with Crippen LogP contribution in [0.2, 0.25) is 0 Å². The second-order valence-electron chi connectivity index (χ2n) is 8.11. The number of piperazine rings is 1. The van der Waals surface area contributed by atoms with Crippen LogP contribution >= 0.6 is 28.1 Å². The van der Waals surface area contributed by atoms with Crippen LogP contribution in [-0.4, -0.2) is 48.0 Å². The summed E-state index contributed by atoms with van der Waals surface area (Å²) in [5.41, 5.74) is 4.28. The molecule has 6 nitrogen and oxygen atoms in total. The van der Waals surface area contributed by atoms with E-state index in [9.17, 15) is 9.59 Å². The number of nitrogens with zero attached hydrogens (tertiary/aromatic N) is 2. The van der Waals surface area contributed by atoms with Crippen molar-refractivity contribution in [1.82, 2.24) is 10.2 Å². The van der Waals surface area contributed by atoms with Gasteiger partial charge in [0, 0.05) is 53.2 Å². The maximum atomic E-state index is 12.7. The average Bonchev–Trinajstić information content (AvgIpc) is 2.85. The normalized spacial score (nSPS) is 13.4. The molecule has 2 N–H and O–H groups in total. The van der Waals surface area contributed by atoms with E-state index in [0.29, 0.717) is 18.7 Å². The topological polar surface area (TPSA) is 64.7 Å². The second kappa shape index (κ2) is 10.8. The third-order valence-electron chi connectivity index (χ3n) is 5.69. The number of anilines is 2. The molecule has 0 aromatic heterocycles. The first-order chi connectivity index (χ1) is 16.4. The van der Waals surface area contributed by atoms with Gasteiger partial charge in [-0.2, -0.15) is 0 Å². The summed E-state index contributed by atoms with van der Waals surface area (Å²) in [6.07, 6.45) is 0. The summed E-state index contributed by atoms with van der Waals surface area (Å²) in [4.78, 5) is 29.2. The molecule has 0 bridgehead atoms. The van der Waals surface area contributed by atoms with Crippen molar-refractivity contribution in [2.24, 2.45) is 0 Å². The van der Waals surface area contributed by atoms with Crippen LogP contribution in [0.3, 0.4) is 0 Å². The Labute approximate surface area is 213 Å². The zero-order valence-corrected chi connectivity index (χ0v) is 21.2. The number of nitrogens with one attached hydrogen (secondary N) is 2. The largest absolute Gasteiger partial charge is 0.368 e. The maximum Gasteiger partial charge on any atom is 0.257 e. The van der Waals surface area contributed by atoms with Crippen molar-refractivity contribution in [2.45, 2.75) is 6.92 Å². The van der Waals surface area contributed by atoms with Crippen LogP contribution in [-0.2, 0) is 0 Å². The number of benzene rings is 3. The van der Waals surface area contributed by atoms with Gasteiger partial charge in [-0.1, -0.05) is 33.6 Å². The lowest BCUT2D eigenvalue weighted by molar-refractivity contribution is 0.0746. The number of hydrogen-bond acceptors (Lipinski definition) is 4. The van der Waals surface area contributed by atoms with E-state index in [1.54, 1.807) is 12.1 Å². The lowest BCUT2D eigenvalue weighted by Gasteiger charge is -2.36. The molecule has 34 heavy (non-hydrogen) atoms. The van der Waals surface area contributed by atoms with E-state index in [1.165, 1.54) is 0 Å². The first-order valence-electron chi connectivity index (χ1n) is 11.0. The molecule has 2 amide bonds. The fraction of sp³-hybridized carbons (Fsp3) is 0.192. The molecular weight excluding hydrogens is 512 g/mol. The molecule has 3 aromatic carbocycles. The van der Waals surface area contributed by atoms with Gasteiger partial charge in [-0.25, -0.2) is 0 Å². The van der Waals surface area contributed by atoms with Crippen LogP contribution in [0.4, 0.5) is 11.4 Å². The van der Waals surface area contributed by atoms with Gasteiger partial charge in [0.15, 0.2) is 5.11 Å². The minimum absolute atomic E-state index is 0.0814. The maximum absolute atomic E-state index is 12.7. The fourth-order valence-electron chi connectivity index (χ4n) is 3.74. The van der Waals surface area contributed by atoms with Crippen molar-refractivity contribution in [3.05, 3.63) is 94.0 Å². The lowest BCUT2D eigenvalue weighted by Crippen LogP contribution is -2.48. The zero-order valence-electron chi connectivity index (χ0n) is 18.8. The molecule has 1 saturated heterocycles. The number of carbonyl (C=O) groups is 2. The molecule has 3 aromatic rings. The van der Waals surface area contributed by atoms with Gasteiger partial charge in [-0.3, -0.25) is 14.9 Å². The summed E-state index contributed by atoms with van der Waals surface area (Å²) in [5, 5.41) is 5.98. The van der Waals surface area contributed by atoms with Crippen LogP contribution in [0, 0.1) is 6.92 Å². The zero-order chi connectivity index (χ0) is 24.1. The minimum atomic E-state index is -0.264. The Morgan fingerprint density at radius 1 is 0.824 bits per heavy atom. The Morgan fingerprint density at radius 3 is 2.03 bits per heavy atom. The van der Waals surface area contributed by atoms with E-state index in [0.717, 1.165) is 40.1 Å². The van der Waals surface area contributed by atoms with Gasteiger partial charge in [0.1, 0.15) is 0 Å². The first kappa shape index (κ1) is 23.9. The van der Waals surface area contributed by atoms with Gasteiger partial charge in [0.05, 0.1) is 0 Å². The van der Waals surface area contributed by atoms with E-state index in [1.807, 2.05) is 72.5 Å². The molecule has 0 spiro atoms. The van der Waals surface area contributed by atoms with Crippen LogP contribution < -0.4 is 15.5 Å². The van der Waals surface area contributed by atoms with E-state index < -0.39 is 0 Å². The Balaban J connectivity index is 1.28. The molecule has 1 heterocycles. The molecule has 174 valence electrons. The third kappa shape index (κ3) is 6.01. The van der Waals surface area contributed by atoms with Gasteiger partial charge in [0.25, 0.3) is 11.8 Å².